The van der Waals surface area contributed by atoms with Crippen molar-refractivity contribution < 1.29 is 14.7 Å². The van der Waals surface area contributed by atoms with E-state index in [1.54, 1.807) is 50.1 Å². The van der Waals surface area contributed by atoms with Gasteiger partial charge in [-0.2, -0.15) is 0 Å². The number of benzene rings is 1. The lowest BCUT2D eigenvalue weighted by Crippen LogP contribution is -2.42. The number of aliphatic hydroxyl groups is 1. The number of carbonyl (C=O) groups excluding carboxylic acids is 2. The maximum atomic E-state index is 12.7. The Labute approximate surface area is 126 Å². The maximum Gasteiger partial charge on any atom is 0.256 e. The molecule has 0 aliphatic carbocycles. The summed E-state index contributed by atoms with van der Waals surface area (Å²) in [5.74, 6) is -0.330. The van der Waals surface area contributed by atoms with Gasteiger partial charge in [-0.3, -0.25) is 9.59 Å². The summed E-state index contributed by atoms with van der Waals surface area (Å²) in [7, 11) is 1.64. The number of hydrogen-bond acceptors (Lipinski definition) is 3. The normalized spacial score (nSPS) is 11.1. The molecule has 116 valence electrons. The predicted octanol–water partition coefficient (Wildman–Crippen LogP) is 1.90. The Bertz CT molecular complexity index is 520. The van der Waals surface area contributed by atoms with E-state index in [1.807, 2.05) is 6.92 Å². The lowest BCUT2D eigenvalue weighted by atomic mass is 10.1. The molecule has 0 radical (unpaired) electrons. The van der Waals surface area contributed by atoms with Crippen LogP contribution in [0.1, 0.15) is 38.1 Å². The van der Waals surface area contributed by atoms with Crippen molar-refractivity contribution >= 4 is 17.5 Å². The van der Waals surface area contributed by atoms with Crippen LogP contribution in [-0.2, 0) is 4.79 Å². The number of nitrogens with zero attached hydrogens (tertiary/aromatic N) is 2. The summed E-state index contributed by atoms with van der Waals surface area (Å²) in [6.45, 7) is 7.37. The minimum Gasteiger partial charge on any atom is -0.389 e. The zero-order chi connectivity index (χ0) is 16.2. The second-order valence-corrected chi connectivity index (χ2v) is 5.73. The minimum atomic E-state index is -0.965. The zero-order valence-electron chi connectivity index (χ0n) is 13.4. The Kier molecular flexibility index (Phi) is 5.49. The number of amides is 2. The van der Waals surface area contributed by atoms with E-state index in [2.05, 4.69) is 0 Å². The molecular formula is C16H24N2O3. The van der Waals surface area contributed by atoms with Crippen LogP contribution in [0.15, 0.2) is 24.3 Å². The highest BCUT2D eigenvalue weighted by atomic mass is 16.3. The van der Waals surface area contributed by atoms with Crippen molar-refractivity contribution in [1.29, 1.82) is 0 Å². The molecule has 0 atom stereocenters. The highest BCUT2D eigenvalue weighted by Gasteiger charge is 2.25. The van der Waals surface area contributed by atoms with E-state index >= 15 is 0 Å². The molecule has 0 aromatic heterocycles. The monoisotopic (exact) mass is 292 g/mol. The Morgan fingerprint density at radius 1 is 1.24 bits per heavy atom. The van der Waals surface area contributed by atoms with Gasteiger partial charge in [0.2, 0.25) is 5.91 Å². The van der Waals surface area contributed by atoms with Crippen LogP contribution in [0.25, 0.3) is 0 Å². The Hall–Kier alpha value is -1.88. The minimum absolute atomic E-state index is 0.138. The molecule has 0 heterocycles. The van der Waals surface area contributed by atoms with E-state index in [0.717, 1.165) is 0 Å². The van der Waals surface area contributed by atoms with Crippen molar-refractivity contribution in [2.75, 3.05) is 25.0 Å². The van der Waals surface area contributed by atoms with Crippen LogP contribution in [0.5, 0.6) is 0 Å². The van der Waals surface area contributed by atoms with Crippen LogP contribution in [0.3, 0.4) is 0 Å². The fourth-order valence-electron chi connectivity index (χ4n) is 2.08. The fourth-order valence-corrected chi connectivity index (χ4v) is 2.08. The third kappa shape index (κ3) is 4.56. The lowest BCUT2D eigenvalue weighted by molar-refractivity contribution is -0.116. The topological polar surface area (TPSA) is 60.9 Å². The molecule has 1 aromatic carbocycles. The van der Waals surface area contributed by atoms with E-state index in [0.29, 0.717) is 17.8 Å². The number of para-hydroxylation sites is 1. The molecule has 5 heteroatoms. The molecule has 0 saturated heterocycles. The Morgan fingerprint density at radius 2 is 1.81 bits per heavy atom. The maximum absolute atomic E-state index is 12.7. The number of rotatable bonds is 5. The summed E-state index contributed by atoms with van der Waals surface area (Å²) in [6.07, 6.45) is 0. The third-order valence-electron chi connectivity index (χ3n) is 3.21. The smallest absolute Gasteiger partial charge is 0.256 e. The number of likely N-dealkylation sites (N-methyl/N-ethyl adjacent to an activating group) is 1. The Balaban J connectivity index is 3.14. The SMILES string of the molecule is CCN(CC(C)(C)O)C(=O)c1ccccc1N(C)C(C)=O. The summed E-state index contributed by atoms with van der Waals surface area (Å²) in [5, 5.41) is 9.92. The largest absolute Gasteiger partial charge is 0.389 e. The van der Waals surface area contributed by atoms with Crippen molar-refractivity contribution in [3.05, 3.63) is 29.8 Å². The summed E-state index contributed by atoms with van der Waals surface area (Å²) in [4.78, 5) is 27.3. The van der Waals surface area contributed by atoms with Crippen LogP contribution < -0.4 is 4.90 Å². The van der Waals surface area contributed by atoms with E-state index in [1.165, 1.54) is 11.8 Å². The Morgan fingerprint density at radius 3 is 2.29 bits per heavy atom. The van der Waals surface area contributed by atoms with Crippen molar-refractivity contribution in [3.8, 4) is 0 Å². The molecule has 0 fully saturated rings. The number of hydrogen-bond donors (Lipinski definition) is 1. The molecule has 1 aromatic rings. The van der Waals surface area contributed by atoms with Crippen LogP contribution in [0, 0.1) is 0 Å². The van der Waals surface area contributed by atoms with Gasteiger partial charge in [-0.25, -0.2) is 0 Å². The van der Waals surface area contributed by atoms with Crippen molar-refractivity contribution in [2.24, 2.45) is 0 Å². The van der Waals surface area contributed by atoms with Gasteiger partial charge in [0.1, 0.15) is 0 Å². The van der Waals surface area contributed by atoms with Gasteiger partial charge in [-0.05, 0) is 32.9 Å². The highest BCUT2D eigenvalue weighted by Crippen LogP contribution is 2.22. The fraction of sp³-hybridized carbons (Fsp3) is 0.500. The predicted molar refractivity (Wildman–Crippen MR) is 83.4 cm³/mol. The number of anilines is 1. The summed E-state index contributed by atoms with van der Waals surface area (Å²) >= 11 is 0. The second kappa shape index (κ2) is 6.72. The quantitative estimate of drug-likeness (QED) is 0.901. The molecule has 21 heavy (non-hydrogen) atoms. The average Bonchev–Trinajstić information content (AvgIpc) is 2.42. The van der Waals surface area contributed by atoms with Crippen molar-refractivity contribution in [3.63, 3.8) is 0 Å². The third-order valence-corrected chi connectivity index (χ3v) is 3.21. The molecule has 0 saturated carbocycles. The molecule has 1 N–H and O–H groups in total. The second-order valence-electron chi connectivity index (χ2n) is 5.73. The van der Waals surface area contributed by atoms with Gasteiger partial charge in [0.05, 0.1) is 16.9 Å². The molecule has 5 nitrogen and oxygen atoms in total. The van der Waals surface area contributed by atoms with Crippen molar-refractivity contribution in [1.82, 2.24) is 4.90 Å². The molecule has 0 unspecified atom stereocenters. The molecule has 1 rings (SSSR count). The van der Waals surface area contributed by atoms with Crippen LogP contribution in [0.4, 0.5) is 5.69 Å². The molecule has 0 aliphatic rings. The molecule has 0 bridgehead atoms. The van der Waals surface area contributed by atoms with Gasteiger partial charge in [0.25, 0.3) is 5.91 Å². The molecular weight excluding hydrogens is 268 g/mol. The van der Waals surface area contributed by atoms with E-state index in [9.17, 15) is 14.7 Å². The van der Waals surface area contributed by atoms with Gasteiger partial charge < -0.3 is 14.9 Å². The molecule has 0 spiro atoms. The van der Waals surface area contributed by atoms with Crippen molar-refractivity contribution in [2.45, 2.75) is 33.3 Å². The lowest BCUT2D eigenvalue weighted by Gasteiger charge is -2.29. The van der Waals surface area contributed by atoms with Gasteiger partial charge in [0.15, 0.2) is 0 Å². The van der Waals surface area contributed by atoms with Gasteiger partial charge in [0, 0.05) is 27.1 Å². The van der Waals surface area contributed by atoms with E-state index in [-0.39, 0.29) is 18.4 Å². The first-order valence-electron chi connectivity index (χ1n) is 7.02. The summed E-state index contributed by atoms with van der Waals surface area (Å²) in [6, 6.07) is 7.00. The summed E-state index contributed by atoms with van der Waals surface area (Å²) in [5.41, 5.74) is 0.0677. The standard InChI is InChI=1S/C16H24N2O3/c1-6-18(11-16(3,4)21)15(20)13-9-7-8-10-14(13)17(5)12(2)19/h7-10,21H,6,11H2,1-5H3. The first kappa shape index (κ1) is 17.2. The van der Waals surface area contributed by atoms with Gasteiger partial charge in [-0.1, -0.05) is 12.1 Å². The average molecular weight is 292 g/mol. The first-order valence-corrected chi connectivity index (χ1v) is 7.02. The zero-order valence-corrected chi connectivity index (χ0v) is 13.4. The summed E-state index contributed by atoms with van der Waals surface area (Å²) < 4.78 is 0. The van der Waals surface area contributed by atoms with E-state index in [4.69, 9.17) is 0 Å². The molecule has 0 aliphatic heterocycles. The van der Waals surface area contributed by atoms with Crippen LogP contribution in [0.2, 0.25) is 0 Å². The van der Waals surface area contributed by atoms with E-state index < -0.39 is 5.60 Å². The highest BCUT2D eigenvalue weighted by molar-refractivity contribution is 6.04. The van der Waals surface area contributed by atoms with Crippen LogP contribution in [-0.4, -0.2) is 47.6 Å². The first-order chi connectivity index (χ1) is 9.67. The van der Waals surface area contributed by atoms with Crippen LogP contribution >= 0.6 is 0 Å². The molecule has 2 amide bonds. The number of carbonyl (C=O) groups is 2. The van der Waals surface area contributed by atoms with Gasteiger partial charge in [-0.15, -0.1) is 0 Å². The van der Waals surface area contributed by atoms with Gasteiger partial charge >= 0.3 is 0 Å².